The summed E-state index contributed by atoms with van der Waals surface area (Å²) in [5.41, 5.74) is 6.05. The summed E-state index contributed by atoms with van der Waals surface area (Å²) < 4.78 is 0. The van der Waals surface area contributed by atoms with Crippen molar-refractivity contribution in [3.63, 3.8) is 0 Å². The molecule has 1 rings (SSSR count). The quantitative estimate of drug-likeness (QED) is 0.774. The number of nitrogens with two attached hydrogens (primary N) is 1. The van der Waals surface area contributed by atoms with Crippen LogP contribution in [0.5, 0.6) is 0 Å². The molecule has 0 aliphatic carbocycles. The Morgan fingerprint density at radius 2 is 2.05 bits per heavy atom. The first-order valence-electron chi connectivity index (χ1n) is 5.90. The molecule has 0 bridgehead atoms. The summed E-state index contributed by atoms with van der Waals surface area (Å²) in [5, 5.41) is 11.6. The number of carboxylic acids is 1. The fourth-order valence-electron chi connectivity index (χ4n) is 1.62. The maximum absolute atomic E-state index is 11.8. The minimum atomic E-state index is -1.15. The van der Waals surface area contributed by atoms with Gasteiger partial charge in [-0.25, -0.2) is 4.79 Å². The maximum atomic E-state index is 11.8. The van der Waals surface area contributed by atoms with E-state index in [1.54, 1.807) is 0 Å². The molecule has 0 radical (unpaired) electrons. The number of anilines is 1. The molecule has 1 unspecified atom stereocenters. The third-order valence-electron chi connectivity index (χ3n) is 2.53. The Hall–Kier alpha value is -1.59. The predicted octanol–water partition coefficient (Wildman–Crippen LogP) is 2.35. The van der Waals surface area contributed by atoms with E-state index in [0.29, 0.717) is 18.0 Å². The Labute approximate surface area is 116 Å². The average molecular weight is 285 g/mol. The molecule has 0 heterocycles. The second-order valence-electron chi connectivity index (χ2n) is 4.73. The van der Waals surface area contributed by atoms with Gasteiger partial charge in [0.05, 0.1) is 16.6 Å². The molecule has 0 spiro atoms. The lowest BCUT2D eigenvalue weighted by Gasteiger charge is -2.14. The molecule has 1 aromatic rings. The van der Waals surface area contributed by atoms with Gasteiger partial charge < -0.3 is 16.2 Å². The number of carbonyl (C=O) groups is 2. The number of aromatic carboxylic acids is 1. The Balaban J connectivity index is 2.80. The van der Waals surface area contributed by atoms with Crippen LogP contribution >= 0.6 is 11.6 Å². The van der Waals surface area contributed by atoms with Gasteiger partial charge in [0.1, 0.15) is 0 Å². The number of nitrogens with one attached hydrogen (secondary N) is 1. The third-order valence-corrected chi connectivity index (χ3v) is 2.86. The van der Waals surface area contributed by atoms with Gasteiger partial charge in [-0.1, -0.05) is 25.4 Å². The second-order valence-corrected chi connectivity index (χ2v) is 5.13. The van der Waals surface area contributed by atoms with Crippen LogP contribution in [0.25, 0.3) is 0 Å². The second kappa shape index (κ2) is 6.54. The number of hydrogen-bond acceptors (Lipinski definition) is 3. The van der Waals surface area contributed by atoms with Gasteiger partial charge in [-0.05, 0) is 30.5 Å². The number of hydrogen-bond donors (Lipinski definition) is 3. The maximum Gasteiger partial charge on any atom is 0.337 e. The van der Waals surface area contributed by atoms with Crippen molar-refractivity contribution in [2.45, 2.75) is 26.3 Å². The van der Waals surface area contributed by atoms with Gasteiger partial charge in [0.2, 0.25) is 5.91 Å². The minimum absolute atomic E-state index is 0.0584. The van der Waals surface area contributed by atoms with E-state index in [4.69, 9.17) is 22.4 Å². The van der Waals surface area contributed by atoms with Crippen LogP contribution in [0.1, 0.15) is 30.6 Å². The van der Waals surface area contributed by atoms with Crippen molar-refractivity contribution in [2.24, 2.45) is 11.7 Å². The molecule has 0 aliphatic rings. The van der Waals surface area contributed by atoms with Crippen molar-refractivity contribution in [2.75, 3.05) is 5.32 Å². The van der Waals surface area contributed by atoms with Gasteiger partial charge >= 0.3 is 5.97 Å². The molecule has 0 fully saturated rings. The molecule has 1 amide bonds. The first-order valence-corrected chi connectivity index (χ1v) is 6.28. The van der Waals surface area contributed by atoms with Crippen molar-refractivity contribution in [3.8, 4) is 0 Å². The van der Waals surface area contributed by atoms with Crippen LogP contribution in [-0.2, 0) is 4.79 Å². The predicted molar refractivity (Wildman–Crippen MR) is 74.5 cm³/mol. The molecular formula is C13H17ClN2O3. The van der Waals surface area contributed by atoms with Gasteiger partial charge in [0, 0.05) is 5.69 Å². The summed E-state index contributed by atoms with van der Waals surface area (Å²) in [5.74, 6) is -1.18. The van der Waals surface area contributed by atoms with Crippen LogP contribution in [0.3, 0.4) is 0 Å². The number of carbonyl (C=O) groups excluding carboxylic acids is 1. The van der Waals surface area contributed by atoms with E-state index in [9.17, 15) is 9.59 Å². The summed E-state index contributed by atoms with van der Waals surface area (Å²) in [6.07, 6.45) is 0.561. The fraction of sp³-hybridized carbons (Fsp3) is 0.385. The molecule has 0 saturated carbocycles. The monoisotopic (exact) mass is 284 g/mol. The average Bonchev–Trinajstić information content (AvgIpc) is 2.30. The first-order chi connectivity index (χ1) is 8.81. The van der Waals surface area contributed by atoms with Crippen LogP contribution in [0.15, 0.2) is 18.2 Å². The van der Waals surface area contributed by atoms with E-state index in [2.05, 4.69) is 5.32 Å². The molecule has 0 aromatic heterocycles. The lowest BCUT2D eigenvalue weighted by molar-refractivity contribution is -0.117. The summed E-state index contributed by atoms with van der Waals surface area (Å²) in [7, 11) is 0. The van der Waals surface area contributed by atoms with E-state index in [0.717, 1.165) is 0 Å². The topological polar surface area (TPSA) is 92.4 Å². The Kier molecular flexibility index (Phi) is 5.32. The number of rotatable bonds is 5. The highest BCUT2D eigenvalue weighted by Crippen LogP contribution is 2.20. The highest BCUT2D eigenvalue weighted by Gasteiger charge is 2.16. The molecule has 1 aromatic carbocycles. The fourth-order valence-corrected chi connectivity index (χ4v) is 1.82. The van der Waals surface area contributed by atoms with E-state index in [-0.39, 0.29) is 16.5 Å². The Bertz CT molecular complexity index is 489. The molecule has 5 nitrogen and oxygen atoms in total. The molecule has 0 aliphatic heterocycles. The molecule has 0 saturated heterocycles. The molecule has 1 atom stereocenters. The van der Waals surface area contributed by atoms with Gasteiger partial charge in [-0.2, -0.15) is 0 Å². The van der Waals surface area contributed by atoms with Crippen molar-refractivity contribution in [3.05, 3.63) is 28.8 Å². The van der Waals surface area contributed by atoms with E-state index in [1.807, 2.05) is 13.8 Å². The summed E-state index contributed by atoms with van der Waals surface area (Å²) in [6, 6.07) is 3.65. The van der Waals surface area contributed by atoms with Crippen molar-refractivity contribution >= 4 is 29.2 Å². The van der Waals surface area contributed by atoms with Crippen LogP contribution in [0, 0.1) is 5.92 Å². The molecule has 104 valence electrons. The van der Waals surface area contributed by atoms with Gasteiger partial charge in [-0.3, -0.25) is 4.79 Å². The lowest BCUT2D eigenvalue weighted by atomic mass is 10.0. The highest BCUT2D eigenvalue weighted by molar-refractivity contribution is 6.33. The molecule has 6 heteroatoms. The van der Waals surface area contributed by atoms with Crippen LogP contribution < -0.4 is 11.1 Å². The molecule has 19 heavy (non-hydrogen) atoms. The highest BCUT2D eigenvalue weighted by atomic mass is 35.5. The van der Waals surface area contributed by atoms with E-state index < -0.39 is 12.0 Å². The van der Waals surface area contributed by atoms with Crippen molar-refractivity contribution < 1.29 is 14.7 Å². The SMILES string of the molecule is CC(C)CC(N)C(=O)Nc1ccc(Cl)c(C(=O)O)c1. The Morgan fingerprint density at radius 3 is 2.58 bits per heavy atom. The summed E-state index contributed by atoms with van der Waals surface area (Å²) >= 11 is 5.74. The molecule has 4 N–H and O–H groups in total. The largest absolute Gasteiger partial charge is 0.478 e. The smallest absolute Gasteiger partial charge is 0.337 e. The van der Waals surface area contributed by atoms with Crippen molar-refractivity contribution in [1.82, 2.24) is 0 Å². The number of benzene rings is 1. The number of halogens is 1. The molecular weight excluding hydrogens is 268 g/mol. The van der Waals surface area contributed by atoms with Crippen molar-refractivity contribution in [1.29, 1.82) is 0 Å². The minimum Gasteiger partial charge on any atom is -0.478 e. The first kappa shape index (κ1) is 15.5. The standard InChI is InChI=1S/C13H17ClN2O3/c1-7(2)5-11(15)12(17)16-8-3-4-10(14)9(6-8)13(18)19/h3-4,6-7,11H,5,15H2,1-2H3,(H,16,17)(H,18,19). The Morgan fingerprint density at radius 1 is 1.42 bits per heavy atom. The van der Waals surface area contributed by atoms with Gasteiger partial charge in [-0.15, -0.1) is 0 Å². The zero-order valence-corrected chi connectivity index (χ0v) is 11.6. The van der Waals surface area contributed by atoms with E-state index >= 15 is 0 Å². The van der Waals surface area contributed by atoms with Gasteiger partial charge in [0.25, 0.3) is 0 Å². The normalized spacial score (nSPS) is 12.3. The summed E-state index contributed by atoms with van der Waals surface area (Å²) in [4.78, 5) is 22.7. The van der Waals surface area contributed by atoms with Crippen LogP contribution in [0.4, 0.5) is 5.69 Å². The van der Waals surface area contributed by atoms with Crippen LogP contribution in [-0.4, -0.2) is 23.0 Å². The number of amides is 1. The van der Waals surface area contributed by atoms with Gasteiger partial charge in [0.15, 0.2) is 0 Å². The third kappa shape index (κ3) is 4.54. The van der Waals surface area contributed by atoms with Crippen LogP contribution in [0.2, 0.25) is 5.02 Å². The van der Waals surface area contributed by atoms with E-state index in [1.165, 1.54) is 18.2 Å². The lowest BCUT2D eigenvalue weighted by Crippen LogP contribution is -2.36. The summed E-state index contributed by atoms with van der Waals surface area (Å²) in [6.45, 7) is 3.94. The zero-order valence-electron chi connectivity index (χ0n) is 10.8. The zero-order chi connectivity index (χ0) is 14.6. The number of carboxylic acid groups (broad SMARTS) is 1.